The third-order valence-electron chi connectivity index (χ3n) is 5.79. The number of carbonyl (C=O) groups is 4. The predicted octanol–water partition coefficient (Wildman–Crippen LogP) is 1.85. The molecule has 0 saturated carbocycles. The summed E-state index contributed by atoms with van der Waals surface area (Å²) >= 11 is 0. The van der Waals surface area contributed by atoms with Gasteiger partial charge >= 0.3 is 18.1 Å². The first-order valence-electron chi connectivity index (χ1n) is 12.6. The van der Waals surface area contributed by atoms with E-state index in [1.165, 1.54) is 12.1 Å². The molecular weight excluding hydrogens is 545 g/mol. The topological polar surface area (TPSA) is 162 Å². The molecule has 0 radical (unpaired) electrons. The minimum atomic E-state index is -5.39. The predicted molar refractivity (Wildman–Crippen MR) is 140 cm³/mol. The summed E-state index contributed by atoms with van der Waals surface area (Å²) in [6.07, 6.45) is -5.67. The lowest BCUT2D eigenvalue weighted by atomic mass is 9.94. The van der Waals surface area contributed by atoms with Gasteiger partial charge in [0.15, 0.2) is 5.96 Å². The molecule has 0 bridgehead atoms. The molecule has 0 fully saturated rings. The highest BCUT2D eigenvalue weighted by molar-refractivity contribution is 5.89. The Hall–Kier alpha value is -4.93. The van der Waals surface area contributed by atoms with Gasteiger partial charge in [-0.15, -0.1) is 0 Å². The number of halogens is 3. The van der Waals surface area contributed by atoms with Crippen molar-refractivity contribution in [2.24, 2.45) is 4.99 Å². The molecule has 1 atom stereocenters. The molecule has 41 heavy (non-hydrogen) atoms. The average molecular weight is 573 g/mol. The molecule has 4 N–H and O–H groups in total. The van der Waals surface area contributed by atoms with Crippen molar-refractivity contribution in [3.8, 4) is 17.2 Å². The van der Waals surface area contributed by atoms with Crippen molar-refractivity contribution in [2.75, 3.05) is 26.2 Å². The van der Waals surface area contributed by atoms with Gasteiger partial charge in [0.1, 0.15) is 0 Å². The molecule has 3 rings (SSSR count). The summed E-state index contributed by atoms with van der Waals surface area (Å²) in [5.74, 6) is -4.76. The maximum Gasteiger partial charge on any atom is 0.491 e. The van der Waals surface area contributed by atoms with Crippen LogP contribution in [0, 0.1) is 11.3 Å². The first-order chi connectivity index (χ1) is 19.6. The van der Waals surface area contributed by atoms with E-state index in [9.17, 15) is 37.6 Å². The van der Waals surface area contributed by atoms with Gasteiger partial charge in [-0.3, -0.25) is 19.4 Å². The molecule has 14 heteroatoms. The molecule has 2 aromatic rings. The number of guanidine groups is 1. The monoisotopic (exact) mass is 572 g/mol. The number of nitrogens with one attached hydrogen (secondary N) is 4. The largest absolute Gasteiger partial charge is 0.491 e. The molecule has 1 heterocycles. The van der Waals surface area contributed by atoms with E-state index in [1.54, 1.807) is 36.4 Å². The van der Waals surface area contributed by atoms with E-state index in [4.69, 9.17) is 0 Å². The molecule has 2 aromatic carbocycles. The summed E-state index contributed by atoms with van der Waals surface area (Å²) in [5.41, 5.74) is 1.64. The van der Waals surface area contributed by atoms with Crippen molar-refractivity contribution < 1.29 is 37.1 Å². The summed E-state index contributed by atoms with van der Waals surface area (Å²) < 4.78 is 41.6. The van der Waals surface area contributed by atoms with E-state index >= 15 is 0 Å². The Morgan fingerprint density at radius 2 is 1.85 bits per heavy atom. The molecule has 0 aliphatic carbocycles. The van der Waals surface area contributed by atoms with Gasteiger partial charge in [-0.05, 0) is 29.2 Å². The molecule has 11 nitrogen and oxygen atoms in total. The molecule has 0 spiro atoms. The van der Waals surface area contributed by atoms with Gasteiger partial charge in [0.25, 0.3) is 0 Å². The smallest absolute Gasteiger partial charge is 0.386 e. The summed E-state index contributed by atoms with van der Waals surface area (Å²) in [6.45, 7) is 1.40. The number of aliphatic imine (C=N–C) groups is 1. The van der Waals surface area contributed by atoms with Crippen LogP contribution in [0.1, 0.15) is 36.4 Å². The van der Waals surface area contributed by atoms with Crippen LogP contribution >= 0.6 is 0 Å². The van der Waals surface area contributed by atoms with E-state index in [1.807, 2.05) is 6.07 Å². The molecule has 0 saturated heterocycles. The lowest BCUT2D eigenvalue weighted by molar-refractivity contribution is -0.202. The van der Waals surface area contributed by atoms with Crippen LogP contribution in [0.25, 0.3) is 11.1 Å². The molecule has 1 aliphatic rings. The van der Waals surface area contributed by atoms with E-state index in [2.05, 4.69) is 31.0 Å². The SMILES string of the molecule is N#Cc1cc(C(CC(=O)OC(=O)C(F)(F)F)NC(=O)CNC(=O)CCCNC2=NCCN2)ccc1-c1ccccc1. The number of nitrogens with zero attached hydrogens (tertiary/aromatic N) is 2. The molecule has 216 valence electrons. The van der Waals surface area contributed by atoms with E-state index in [0.29, 0.717) is 31.0 Å². The Morgan fingerprint density at radius 1 is 1.10 bits per heavy atom. The Morgan fingerprint density at radius 3 is 2.51 bits per heavy atom. The van der Waals surface area contributed by atoms with Crippen LogP contribution in [-0.2, 0) is 23.9 Å². The number of esters is 2. The van der Waals surface area contributed by atoms with Crippen molar-refractivity contribution in [3.63, 3.8) is 0 Å². The number of nitriles is 1. The van der Waals surface area contributed by atoms with Gasteiger partial charge in [0.05, 0.1) is 37.2 Å². The van der Waals surface area contributed by atoms with Gasteiger partial charge in [-0.1, -0.05) is 42.5 Å². The second kappa shape index (κ2) is 14.5. The first-order valence-corrected chi connectivity index (χ1v) is 12.6. The Bertz CT molecular complexity index is 1340. The summed E-state index contributed by atoms with van der Waals surface area (Å²) in [6, 6.07) is 14.1. The van der Waals surface area contributed by atoms with Gasteiger partial charge in [0.2, 0.25) is 11.8 Å². The molecule has 1 unspecified atom stereocenters. The van der Waals surface area contributed by atoms with Crippen molar-refractivity contribution in [3.05, 3.63) is 59.7 Å². The Balaban J connectivity index is 1.66. The van der Waals surface area contributed by atoms with E-state index in [-0.39, 0.29) is 17.5 Å². The fourth-order valence-electron chi connectivity index (χ4n) is 3.85. The van der Waals surface area contributed by atoms with Crippen LogP contribution in [0.2, 0.25) is 0 Å². The van der Waals surface area contributed by atoms with Crippen LogP contribution in [0.5, 0.6) is 0 Å². The summed E-state index contributed by atoms with van der Waals surface area (Å²) in [7, 11) is 0. The number of hydrogen-bond acceptors (Lipinski definition) is 9. The highest BCUT2D eigenvalue weighted by atomic mass is 19.4. The van der Waals surface area contributed by atoms with Crippen LogP contribution in [0.3, 0.4) is 0 Å². The second-order valence-corrected chi connectivity index (χ2v) is 8.83. The highest BCUT2D eigenvalue weighted by Gasteiger charge is 2.42. The fourth-order valence-corrected chi connectivity index (χ4v) is 3.85. The zero-order chi connectivity index (χ0) is 29.8. The zero-order valence-corrected chi connectivity index (χ0v) is 21.7. The minimum absolute atomic E-state index is 0.106. The standard InChI is InChI=1S/C27H27F3N6O5/c28-27(29,30)25(40)41-24(39)14-21(18-8-9-20(19(13-18)15-31)17-5-2-1-3-6-17)36-23(38)16-35-22(37)7-4-10-32-26-33-11-12-34-26/h1-3,5-6,8-9,13,21H,4,7,10-12,14,16H2,(H,35,37)(H,36,38)(H2,32,33,34). The van der Waals surface area contributed by atoms with E-state index < -0.39 is 48.9 Å². The fraction of sp³-hybridized carbons (Fsp3) is 0.333. The third-order valence-corrected chi connectivity index (χ3v) is 5.79. The summed E-state index contributed by atoms with van der Waals surface area (Å²) in [4.78, 5) is 52.2. The van der Waals surface area contributed by atoms with Crippen molar-refractivity contribution in [2.45, 2.75) is 31.5 Å². The lowest BCUT2D eigenvalue weighted by Gasteiger charge is -2.20. The van der Waals surface area contributed by atoms with Gasteiger partial charge in [-0.25, -0.2) is 4.79 Å². The quantitative estimate of drug-likeness (QED) is 0.180. The average Bonchev–Trinajstić information content (AvgIpc) is 3.47. The van der Waals surface area contributed by atoms with E-state index in [0.717, 1.165) is 12.1 Å². The first kappa shape index (κ1) is 30.6. The van der Waals surface area contributed by atoms with Gasteiger partial charge in [-0.2, -0.15) is 18.4 Å². The van der Waals surface area contributed by atoms with Crippen LogP contribution in [0.4, 0.5) is 13.2 Å². The number of alkyl halides is 3. The lowest BCUT2D eigenvalue weighted by Crippen LogP contribution is -2.40. The molecular formula is C27H27F3N6O5. The number of benzene rings is 2. The van der Waals surface area contributed by atoms with Gasteiger partial charge in [0, 0.05) is 19.5 Å². The highest BCUT2D eigenvalue weighted by Crippen LogP contribution is 2.28. The maximum absolute atomic E-state index is 12.6. The molecule has 2 amide bonds. The van der Waals surface area contributed by atoms with Gasteiger partial charge < -0.3 is 26.0 Å². The third kappa shape index (κ3) is 9.64. The van der Waals surface area contributed by atoms with Crippen molar-refractivity contribution >= 4 is 29.7 Å². The Labute approximate surface area is 233 Å². The second-order valence-electron chi connectivity index (χ2n) is 8.83. The van der Waals surface area contributed by atoms with Crippen LogP contribution in [0.15, 0.2) is 53.5 Å². The number of carbonyl (C=O) groups excluding carboxylic acids is 4. The molecule has 1 aliphatic heterocycles. The van der Waals surface area contributed by atoms with Crippen LogP contribution < -0.4 is 21.3 Å². The number of amides is 2. The minimum Gasteiger partial charge on any atom is -0.386 e. The maximum atomic E-state index is 12.6. The normalized spacial score (nSPS) is 13.2. The Kier molecular flexibility index (Phi) is 10.8. The number of ether oxygens (including phenoxy) is 1. The van der Waals surface area contributed by atoms with Crippen molar-refractivity contribution in [1.82, 2.24) is 21.3 Å². The number of hydrogen-bond donors (Lipinski definition) is 4. The molecule has 0 aromatic heterocycles. The number of rotatable bonds is 11. The van der Waals surface area contributed by atoms with Crippen LogP contribution in [-0.4, -0.2) is 62.1 Å². The van der Waals surface area contributed by atoms with Crippen molar-refractivity contribution in [1.29, 1.82) is 5.26 Å². The summed E-state index contributed by atoms with van der Waals surface area (Å²) in [5, 5.41) is 20.6. The zero-order valence-electron chi connectivity index (χ0n) is 21.7.